The van der Waals surface area contributed by atoms with Gasteiger partial charge in [-0.2, -0.15) is 13.2 Å². The Morgan fingerprint density at radius 3 is 2.58 bits per heavy atom. The van der Waals surface area contributed by atoms with Gasteiger partial charge >= 0.3 is 6.18 Å². The van der Waals surface area contributed by atoms with Crippen LogP contribution < -0.4 is 20.7 Å². The summed E-state index contributed by atoms with van der Waals surface area (Å²) in [5.41, 5.74) is 0.808. The number of benzene rings is 2. The molecule has 14 heteroatoms. The molecule has 0 bridgehead atoms. The van der Waals surface area contributed by atoms with Gasteiger partial charge in [-0.25, -0.2) is 9.37 Å². The Hall–Kier alpha value is -4.35. The Bertz CT molecular complexity index is 1600. The minimum Gasteiger partial charge on any atom is -0.494 e. The highest BCUT2D eigenvalue weighted by Gasteiger charge is 2.31. The molecule has 3 N–H and O–H groups in total. The van der Waals surface area contributed by atoms with Crippen LogP contribution in [0.15, 0.2) is 30.6 Å². The van der Waals surface area contributed by atoms with Crippen LogP contribution in [0.1, 0.15) is 39.6 Å². The van der Waals surface area contributed by atoms with Crippen molar-refractivity contribution in [2.75, 3.05) is 59.4 Å². The second-order valence-electron chi connectivity index (χ2n) is 10.8. The molecule has 2 aromatic carbocycles. The predicted octanol–water partition coefficient (Wildman–Crippen LogP) is 3.66. The lowest BCUT2D eigenvalue weighted by Gasteiger charge is -2.37. The van der Waals surface area contributed by atoms with Gasteiger partial charge in [0.25, 0.3) is 11.8 Å². The number of piperidine rings is 1. The van der Waals surface area contributed by atoms with E-state index in [4.69, 9.17) is 9.47 Å². The fraction of sp³-hybridized carbons (Fsp3) is 0.452. The minimum atomic E-state index is -4.50. The molecule has 1 aliphatic rings. The number of fused-ring (bicyclic) bond motifs is 1. The number of aromatic nitrogens is 2. The zero-order chi connectivity index (χ0) is 32.7. The maximum Gasteiger partial charge on any atom is 0.406 e. The third-order valence-corrected chi connectivity index (χ3v) is 7.60. The van der Waals surface area contributed by atoms with Gasteiger partial charge in [-0.1, -0.05) is 18.8 Å². The fourth-order valence-corrected chi connectivity index (χ4v) is 5.30. The van der Waals surface area contributed by atoms with E-state index in [1.54, 1.807) is 7.11 Å². The van der Waals surface area contributed by atoms with Gasteiger partial charge in [0.05, 0.1) is 48.9 Å². The van der Waals surface area contributed by atoms with E-state index in [0.29, 0.717) is 24.3 Å². The maximum absolute atomic E-state index is 14.3. The number of alkyl halides is 3. The van der Waals surface area contributed by atoms with Crippen LogP contribution >= 0.6 is 0 Å². The molecule has 0 unspecified atom stereocenters. The van der Waals surface area contributed by atoms with Crippen LogP contribution in [0.4, 0.5) is 23.2 Å². The van der Waals surface area contributed by atoms with Gasteiger partial charge in [0.1, 0.15) is 23.6 Å². The van der Waals surface area contributed by atoms with E-state index < -0.39 is 30.4 Å². The highest BCUT2D eigenvalue weighted by Crippen LogP contribution is 2.28. The van der Waals surface area contributed by atoms with Gasteiger partial charge in [0.2, 0.25) is 0 Å². The molecule has 1 fully saturated rings. The number of rotatable bonds is 10. The molecule has 4 rings (SSSR count). The molecule has 1 saturated heterocycles. The Balaban J connectivity index is 1.59. The number of anilines is 1. The lowest BCUT2D eigenvalue weighted by molar-refractivity contribution is -0.139. The van der Waals surface area contributed by atoms with Crippen molar-refractivity contribution in [3.8, 4) is 17.6 Å². The number of hydrogen-bond acceptors (Lipinski definition) is 7. The van der Waals surface area contributed by atoms with Crippen molar-refractivity contribution in [1.29, 1.82) is 0 Å². The SMILES string of the molecule is CNC(=O)c1cc(NCC#Cc2cc(C(=O)N[C@H]3CCN(CCOC)C[C@@H]3C)c3ncn(CC(F)(F)F)c3c2)c(OC)cc1F. The van der Waals surface area contributed by atoms with E-state index in [2.05, 4.69) is 37.7 Å². The van der Waals surface area contributed by atoms with Crippen LogP contribution in [0.2, 0.25) is 0 Å². The zero-order valence-electron chi connectivity index (χ0n) is 25.5. The van der Waals surface area contributed by atoms with Crippen LogP contribution in [0.5, 0.6) is 5.75 Å². The number of nitrogens with zero attached hydrogens (tertiary/aromatic N) is 3. The van der Waals surface area contributed by atoms with Crippen LogP contribution in [0.25, 0.3) is 11.0 Å². The monoisotopic (exact) mass is 632 g/mol. The number of likely N-dealkylation sites (tertiary alicyclic amines) is 1. The summed E-state index contributed by atoms with van der Waals surface area (Å²) in [6.07, 6.45) is -2.73. The van der Waals surface area contributed by atoms with E-state index in [9.17, 15) is 27.2 Å². The van der Waals surface area contributed by atoms with Gasteiger partial charge < -0.3 is 34.9 Å². The molecule has 2 atom stereocenters. The van der Waals surface area contributed by atoms with Gasteiger partial charge in [0.15, 0.2) is 0 Å². The van der Waals surface area contributed by atoms with Gasteiger partial charge in [-0.3, -0.25) is 9.59 Å². The highest BCUT2D eigenvalue weighted by atomic mass is 19.4. The van der Waals surface area contributed by atoms with Gasteiger partial charge in [-0.05, 0) is 30.5 Å². The van der Waals surface area contributed by atoms with E-state index in [1.165, 1.54) is 32.4 Å². The molecule has 2 amide bonds. The summed E-state index contributed by atoms with van der Waals surface area (Å²) in [7, 11) is 4.38. The highest BCUT2D eigenvalue weighted by molar-refractivity contribution is 6.05. The Labute approximate surface area is 258 Å². The molecule has 1 aromatic heterocycles. The summed E-state index contributed by atoms with van der Waals surface area (Å²) >= 11 is 0. The first-order valence-electron chi connectivity index (χ1n) is 14.3. The number of imidazole rings is 1. The number of hydrogen-bond donors (Lipinski definition) is 3. The number of carbonyl (C=O) groups is 2. The van der Waals surface area contributed by atoms with E-state index in [1.807, 2.05) is 6.92 Å². The van der Waals surface area contributed by atoms with Crippen molar-refractivity contribution in [3.63, 3.8) is 0 Å². The first-order chi connectivity index (χ1) is 21.4. The van der Waals surface area contributed by atoms with E-state index in [-0.39, 0.29) is 46.4 Å². The molecule has 0 spiro atoms. The first kappa shape index (κ1) is 33.5. The lowest BCUT2D eigenvalue weighted by Crippen LogP contribution is -2.50. The maximum atomic E-state index is 14.3. The molecule has 45 heavy (non-hydrogen) atoms. The van der Waals surface area contributed by atoms with Crippen LogP contribution in [0.3, 0.4) is 0 Å². The minimum absolute atomic E-state index is 0.00964. The van der Waals surface area contributed by atoms with Crippen molar-refractivity contribution < 1.29 is 36.6 Å². The molecular weight excluding hydrogens is 596 g/mol. The predicted molar refractivity (Wildman–Crippen MR) is 161 cm³/mol. The third kappa shape index (κ3) is 8.43. The van der Waals surface area contributed by atoms with Crippen molar-refractivity contribution in [1.82, 2.24) is 25.1 Å². The van der Waals surface area contributed by atoms with Crippen molar-refractivity contribution in [3.05, 3.63) is 53.1 Å². The summed E-state index contributed by atoms with van der Waals surface area (Å²) in [5.74, 6) is 4.22. The first-order valence-corrected chi connectivity index (χ1v) is 14.3. The zero-order valence-corrected chi connectivity index (χ0v) is 25.5. The molecule has 1 aliphatic heterocycles. The molecule has 10 nitrogen and oxygen atoms in total. The van der Waals surface area contributed by atoms with Crippen LogP contribution in [-0.4, -0.2) is 92.5 Å². The summed E-state index contributed by atoms with van der Waals surface area (Å²) in [6, 6.07) is 5.20. The standard InChI is InChI=1S/C31H36F4N6O4/c1-19-16-40(10-11-44-3)9-7-24(19)39-30(43)22-12-20(13-26-28(22)38-18-41(26)17-31(33,34)35)6-5-8-37-25-14-21(29(42)36-2)23(32)15-27(25)45-4/h12-15,18-19,24,37H,7-11,16-17H2,1-4H3,(H,36,42)(H,39,43)/t19-,24-/m0/s1. The van der Waals surface area contributed by atoms with Crippen molar-refractivity contribution >= 4 is 28.5 Å². The summed E-state index contributed by atoms with van der Waals surface area (Å²) in [5, 5.41) is 8.39. The number of ether oxygens (including phenoxy) is 2. The summed E-state index contributed by atoms with van der Waals surface area (Å²) in [4.78, 5) is 32.0. The van der Waals surface area contributed by atoms with Crippen LogP contribution in [-0.2, 0) is 11.3 Å². The molecule has 0 aliphatic carbocycles. The molecule has 0 saturated carbocycles. The van der Waals surface area contributed by atoms with Crippen molar-refractivity contribution in [2.45, 2.75) is 32.1 Å². The topological polar surface area (TPSA) is 110 Å². The Morgan fingerprint density at radius 2 is 1.91 bits per heavy atom. The smallest absolute Gasteiger partial charge is 0.406 e. The summed E-state index contributed by atoms with van der Waals surface area (Å²) < 4.78 is 65.6. The average molecular weight is 633 g/mol. The summed E-state index contributed by atoms with van der Waals surface area (Å²) in [6.45, 7) is 3.72. The molecular formula is C31H36F4N6O4. The molecule has 2 heterocycles. The second-order valence-corrected chi connectivity index (χ2v) is 10.8. The normalized spacial score (nSPS) is 17.0. The van der Waals surface area contributed by atoms with Crippen LogP contribution in [0, 0.1) is 23.6 Å². The third-order valence-electron chi connectivity index (χ3n) is 7.60. The number of methoxy groups -OCH3 is 2. The molecule has 3 aromatic rings. The molecule has 0 radical (unpaired) electrons. The number of carbonyl (C=O) groups excluding carboxylic acids is 2. The average Bonchev–Trinajstić information content (AvgIpc) is 3.39. The number of halogens is 4. The number of nitrogens with one attached hydrogen (secondary N) is 3. The Morgan fingerprint density at radius 1 is 1.13 bits per heavy atom. The number of amides is 2. The second kappa shape index (κ2) is 14.6. The quantitative estimate of drug-likeness (QED) is 0.231. The lowest BCUT2D eigenvalue weighted by atomic mass is 9.93. The van der Waals surface area contributed by atoms with Gasteiger partial charge in [0, 0.05) is 51.5 Å². The van der Waals surface area contributed by atoms with Gasteiger partial charge in [-0.15, -0.1) is 0 Å². The van der Waals surface area contributed by atoms with E-state index in [0.717, 1.165) is 36.6 Å². The molecule has 242 valence electrons. The fourth-order valence-electron chi connectivity index (χ4n) is 5.30. The van der Waals surface area contributed by atoms with E-state index >= 15 is 0 Å². The largest absolute Gasteiger partial charge is 0.494 e. The Kier molecular flexibility index (Phi) is 10.9. The van der Waals surface area contributed by atoms with Crippen molar-refractivity contribution in [2.24, 2.45) is 5.92 Å².